The molecule has 26 heavy (non-hydrogen) atoms. The second kappa shape index (κ2) is 6.97. The van der Waals surface area contributed by atoms with Crippen molar-refractivity contribution in [3.8, 4) is 0 Å². The summed E-state index contributed by atoms with van der Waals surface area (Å²) in [7, 11) is 0. The highest BCUT2D eigenvalue weighted by atomic mass is 35.5. The molecule has 0 aromatic heterocycles. The lowest BCUT2D eigenvalue weighted by Crippen LogP contribution is -2.52. The molecular formula is C23H21ClN2. The Balaban J connectivity index is 2.09. The predicted octanol–water partition coefficient (Wildman–Crippen LogP) is 5.28. The van der Waals surface area contributed by atoms with Crippen molar-refractivity contribution >= 4 is 16.9 Å². The van der Waals surface area contributed by atoms with Gasteiger partial charge in [0.05, 0.1) is 6.54 Å². The van der Waals surface area contributed by atoms with Gasteiger partial charge in [-0.2, -0.15) is 0 Å². The topological polar surface area (TPSA) is 15.6 Å². The van der Waals surface area contributed by atoms with Crippen LogP contribution in [0.2, 0.25) is 0 Å². The third kappa shape index (κ3) is 2.62. The average Bonchev–Trinajstić information content (AvgIpc) is 3.04. The van der Waals surface area contributed by atoms with E-state index in [-0.39, 0.29) is 6.04 Å². The first kappa shape index (κ1) is 16.9. The van der Waals surface area contributed by atoms with Crippen LogP contribution in [0.5, 0.6) is 0 Å². The SMILES string of the molecule is CC1CN=C(Cl)N1C(c1ccccc1)(c1ccccc1)c1ccccc1. The highest BCUT2D eigenvalue weighted by Crippen LogP contribution is 2.45. The van der Waals surface area contributed by atoms with Gasteiger partial charge in [-0.1, -0.05) is 91.0 Å². The Kier molecular flexibility index (Phi) is 4.52. The molecule has 130 valence electrons. The molecule has 0 bridgehead atoms. The van der Waals surface area contributed by atoms with E-state index >= 15 is 0 Å². The van der Waals surface area contributed by atoms with Crippen molar-refractivity contribution in [2.75, 3.05) is 6.54 Å². The first-order valence-corrected chi connectivity index (χ1v) is 9.28. The van der Waals surface area contributed by atoms with E-state index in [1.807, 2.05) is 18.2 Å². The summed E-state index contributed by atoms with van der Waals surface area (Å²) in [5, 5.41) is 0.564. The summed E-state index contributed by atoms with van der Waals surface area (Å²) in [6, 6.07) is 31.9. The fourth-order valence-corrected chi connectivity index (χ4v) is 4.33. The van der Waals surface area contributed by atoms with E-state index in [0.717, 1.165) is 0 Å². The summed E-state index contributed by atoms with van der Waals surface area (Å²) in [6.07, 6.45) is 0. The van der Waals surface area contributed by atoms with Gasteiger partial charge >= 0.3 is 0 Å². The van der Waals surface area contributed by atoms with Gasteiger partial charge in [-0.15, -0.1) is 0 Å². The van der Waals surface area contributed by atoms with Gasteiger partial charge in [0, 0.05) is 6.04 Å². The van der Waals surface area contributed by atoms with Gasteiger partial charge in [-0.05, 0) is 35.2 Å². The van der Waals surface area contributed by atoms with Crippen LogP contribution in [-0.2, 0) is 5.54 Å². The Morgan fingerprint density at radius 2 is 1.15 bits per heavy atom. The van der Waals surface area contributed by atoms with Crippen molar-refractivity contribution < 1.29 is 0 Å². The van der Waals surface area contributed by atoms with E-state index in [1.165, 1.54) is 16.7 Å². The normalized spacial score (nSPS) is 17.2. The number of benzene rings is 3. The number of nitrogens with zero attached hydrogens (tertiary/aromatic N) is 2. The largest absolute Gasteiger partial charge is 0.325 e. The molecular weight excluding hydrogens is 340 g/mol. The molecule has 1 aliphatic heterocycles. The Hall–Kier alpha value is -2.58. The van der Waals surface area contributed by atoms with E-state index in [4.69, 9.17) is 11.6 Å². The van der Waals surface area contributed by atoms with Crippen molar-refractivity contribution in [1.29, 1.82) is 0 Å². The van der Waals surface area contributed by atoms with Gasteiger partial charge in [-0.3, -0.25) is 4.99 Å². The molecule has 1 aliphatic rings. The molecule has 1 heterocycles. The highest BCUT2D eigenvalue weighted by Gasteiger charge is 2.47. The Morgan fingerprint density at radius 1 is 0.769 bits per heavy atom. The van der Waals surface area contributed by atoms with Crippen LogP contribution in [-0.4, -0.2) is 22.8 Å². The van der Waals surface area contributed by atoms with Crippen molar-refractivity contribution in [1.82, 2.24) is 4.90 Å². The molecule has 0 spiro atoms. The summed E-state index contributed by atoms with van der Waals surface area (Å²) >= 11 is 6.68. The molecule has 0 saturated heterocycles. The maximum absolute atomic E-state index is 6.68. The molecule has 3 heteroatoms. The zero-order valence-electron chi connectivity index (χ0n) is 14.7. The van der Waals surface area contributed by atoms with Gasteiger partial charge in [0.15, 0.2) is 5.29 Å². The number of hydrogen-bond donors (Lipinski definition) is 0. The van der Waals surface area contributed by atoms with Crippen LogP contribution in [0, 0.1) is 0 Å². The summed E-state index contributed by atoms with van der Waals surface area (Å²) < 4.78 is 0. The second-order valence-corrected chi connectivity index (χ2v) is 6.98. The van der Waals surface area contributed by atoms with E-state index in [2.05, 4.69) is 89.6 Å². The van der Waals surface area contributed by atoms with Crippen LogP contribution in [0.1, 0.15) is 23.6 Å². The van der Waals surface area contributed by atoms with Crippen molar-refractivity contribution in [3.05, 3.63) is 108 Å². The Bertz CT molecular complexity index is 795. The van der Waals surface area contributed by atoms with Gasteiger partial charge < -0.3 is 4.90 Å². The quantitative estimate of drug-likeness (QED) is 0.456. The molecule has 0 fully saturated rings. The zero-order chi connectivity index (χ0) is 18.0. The monoisotopic (exact) mass is 360 g/mol. The predicted molar refractivity (Wildman–Crippen MR) is 109 cm³/mol. The zero-order valence-corrected chi connectivity index (χ0v) is 15.5. The molecule has 0 N–H and O–H groups in total. The molecule has 3 aromatic carbocycles. The minimum atomic E-state index is -0.528. The van der Waals surface area contributed by atoms with Gasteiger partial charge in [0.2, 0.25) is 0 Å². The van der Waals surface area contributed by atoms with Crippen LogP contribution in [0.4, 0.5) is 0 Å². The molecule has 1 atom stereocenters. The van der Waals surface area contributed by atoms with E-state index in [0.29, 0.717) is 11.8 Å². The number of amidine groups is 1. The van der Waals surface area contributed by atoms with Crippen molar-refractivity contribution in [3.63, 3.8) is 0 Å². The van der Waals surface area contributed by atoms with Crippen LogP contribution in [0.3, 0.4) is 0 Å². The smallest absolute Gasteiger partial charge is 0.195 e. The van der Waals surface area contributed by atoms with E-state index < -0.39 is 5.54 Å². The summed E-state index contributed by atoms with van der Waals surface area (Å²) in [5.41, 5.74) is 3.01. The lowest BCUT2D eigenvalue weighted by molar-refractivity contribution is 0.233. The molecule has 3 aromatic rings. The Labute approximate surface area is 159 Å². The summed E-state index contributed by atoms with van der Waals surface area (Å²) in [5.74, 6) is 0. The van der Waals surface area contributed by atoms with Crippen LogP contribution < -0.4 is 0 Å². The maximum Gasteiger partial charge on any atom is 0.195 e. The maximum atomic E-state index is 6.68. The Morgan fingerprint density at radius 3 is 1.46 bits per heavy atom. The van der Waals surface area contributed by atoms with E-state index in [1.54, 1.807) is 0 Å². The number of halogens is 1. The molecule has 0 aliphatic carbocycles. The van der Waals surface area contributed by atoms with Crippen molar-refractivity contribution in [2.45, 2.75) is 18.5 Å². The third-order valence-electron chi connectivity index (χ3n) is 5.06. The van der Waals surface area contributed by atoms with Gasteiger partial charge in [0.25, 0.3) is 0 Å². The number of rotatable bonds is 4. The fraction of sp³-hybridized carbons (Fsp3) is 0.174. The first-order valence-electron chi connectivity index (χ1n) is 8.90. The van der Waals surface area contributed by atoms with Crippen LogP contribution in [0.25, 0.3) is 0 Å². The lowest BCUT2D eigenvalue weighted by atomic mass is 9.75. The standard InChI is InChI=1S/C23H21ClN2/c1-18-17-25-22(24)26(18)23(19-11-5-2-6-12-19,20-13-7-3-8-14-20)21-15-9-4-10-16-21/h2-16,18H,17H2,1H3. The van der Waals surface area contributed by atoms with E-state index in [9.17, 15) is 0 Å². The fourth-order valence-electron chi connectivity index (χ4n) is 3.97. The second-order valence-electron chi connectivity index (χ2n) is 6.64. The number of hydrogen-bond acceptors (Lipinski definition) is 2. The summed E-state index contributed by atoms with van der Waals surface area (Å²) in [4.78, 5) is 6.81. The molecule has 0 saturated carbocycles. The van der Waals surface area contributed by atoms with Crippen LogP contribution in [0.15, 0.2) is 96.0 Å². The lowest BCUT2D eigenvalue weighted by Gasteiger charge is -2.46. The third-order valence-corrected chi connectivity index (χ3v) is 5.36. The van der Waals surface area contributed by atoms with Gasteiger partial charge in [0.1, 0.15) is 5.54 Å². The minimum Gasteiger partial charge on any atom is -0.325 e. The first-order chi connectivity index (χ1) is 12.7. The number of aliphatic imine (C=N–C) groups is 1. The van der Waals surface area contributed by atoms with Crippen LogP contribution >= 0.6 is 11.6 Å². The molecule has 2 nitrogen and oxygen atoms in total. The molecule has 4 rings (SSSR count). The average molecular weight is 361 g/mol. The minimum absolute atomic E-state index is 0.197. The molecule has 0 amide bonds. The molecule has 1 unspecified atom stereocenters. The molecule has 0 radical (unpaired) electrons. The van der Waals surface area contributed by atoms with Crippen molar-refractivity contribution in [2.24, 2.45) is 4.99 Å². The highest BCUT2D eigenvalue weighted by molar-refractivity contribution is 6.65. The summed E-state index contributed by atoms with van der Waals surface area (Å²) in [6.45, 7) is 2.88. The van der Waals surface area contributed by atoms with Gasteiger partial charge in [-0.25, -0.2) is 0 Å².